The number of carbonyl (C=O) groups excluding carboxylic acids is 1. The molecule has 7 nitrogen and oxygen atoms in total. The van der Waals surface area contributed by atoms with E-state index in [2.05, 4.69) is 20.3 Å². The predicted octanol–water partition coefficient (Wildman–Crippen LogP) is 4.14. The number of carbonyl (C=O) groups is 1. The Morgan fingerprint density at radius 2 is 1.75 bits per heavy atom. The van der Waals surface area contributed by atoms with Crippen LogP contribution in [-0.2, 0) is 14.8 Å². The van der Waals surface area contributed by atoms with E-state index in [-0.39, 0.29) is 12.3 Å². The Hall–Kier alpha value is -2.39. The van der Waals surface area contributed by atoms with Crippen LogP contribution in [0.15, 0.2) is 54.7 Å². The summed E-state index contributed by atoms with van der Waals surface area (Å²) in [5.41, 5.74) is 2.42. The number of benzene rings is 2. The zero-order valence-corrected chi connectivity index (χ0v) is 19.8. The van der Waals surface area contributed by atoms with Gasteiger partial charge in [-0.25, -0.2) is 13.1 Å². The second-order valence-electron chi connectivity index (χ2n) is 7.35. The highest BCUT2D eigenvalue weighted by molar-refractivity contribution is 7.88. The standard InChI is InChI=1S/C22H24Cl2N4O3S/c1-32(30,31)28-20(15-3-5-16(23)6-4-15)14-22(29)27-11-2-10-25-19-9-12-26-21-13-17(24)7-8-18(19)21/h3-9,12-13,20,28H,2,10-11,14H2,1H3,(H,25,26)(H,27,29)/t20-/m0/s1. The highest BCUT2D eigenvalue weighted by atomic mass is 35.5. The van der Waals surface area contributed by atoms with Gasteiger partial charge in [0.05, 0.1) is 17.8 Å². The van der Waals surface area contributed by atoms with Crippen LogP contribution in [0.2, 0.25) is 10.0 Å². The van der Waals surface area contributed by atoms with E-state index in [0.29, 0.717) is 35.1 Å². The Morgan fingerprint density at radius 3 is 2.47 bits per heavy atom. The Balaban J connectivity index is 1.50. The highest BCUT2D eigenvalue weighted by Gasteiger charge is 2.19. The van der Waals surface area contributed by atoms with Gasteiger partial charge >= 0.3 is 0 Å². The fraction of sp³-hybridized carbons (Fsp3) is 0.273. The highest BCUT2D eigenvalue weighted by Crippen LogP contribution is 2.24. The molecule has 0 aliphatic carbocycles. The van der Waals surface area contributed by atoms with E-state index in [1.54, 1.807) is 30.5 Å². The van der Waals surface area contributed by atoms with Crippen molar-refractivity contribution in [2.24, 2.45) is 0 Å². The molecule has 1 aromatic heterocycles. The van der Waals surface area contributed by atoms with Crippen molar-refractivity contribution in [1.82, 2.24) is 15.0 Å². The number of hydrogen-bond donors (Lipinski definition) is 3. The van der Waals surface area contributed by atoms with Crippen LogP contribution in [0.3, 0.4) is 0 Å². The molecule has 1 amide bonds. The first-order valence-electron chi connectivity index (χ1n) is 9.99. The third kappa shape index (κ3) is 7.34. The summed E-state index contributed by atoms with van der Waals surface area (Å²) in [5, 5.41) is 8.33. The lowest BCUT2D eigenvalue weighted by atomic mass is 10.0. The minimum absolute atomic E-state index is 0.0160. The smallest absolute Gasteiger partial charge is 0.221 e. The molecule has 170 valence electrons. The molecule has 3 aromatic rings. The van der Waals surface area contributed by atoms with Gasteiger partial charge in [0.1, 0.15) is 0 Å². The lowest BCUT2D eigenvalue weighted by Crippen LogP contribution is -2.33. The van der Waals surface area contributed by atoms with Crippen molar-refractivity contribution in [1.29, 1.82) is 0 Å². The quantitative estimate of drug-likeness (QED) is 0.367. The molecule has 3 rings (SSSR count). The van der Waals surface area contributed by atoms with E-state index in [9.17, 15) is 13.2 Å². The van der Waals surface area contributed by atoms with Crippen LogP contribution in [0, 0.1) is 0 Å². The minimum atomic E-state index is -3.49. The third-order valence-electron chi connectivity index (χ3n) is 4.71. The topological polar surface area (TPSA) is 100 Å². The Bertz CT molecular complexity index is 1190. The summed E-state index contributed by atoms with van der Waals surface area (Å²) in [7, 11) is -3.49. The number of sulfonamides is 1. The molecule has 0 spiro atoms. The third-order valence-corrected chi connectivity index (χ3v) is 5.91. The summed E-state index contributed by atoms with van der Waals surface area (Å²) in [4.78, 5) is 16.7. The van der Waals surface area contributed by atoms with Gasteiger partial charge in [-0.05, 0) is 48.4 Å². The number of aromatic nitrogens is 1. The first-order valence-corrected chi connectivity index (χ1v) is 12.6. The van der Waals surface area contributed by atoms with E-state index < -0.39 is 16.1 Å². The lowest BCUT2D eigenvalue weighted by Gasteiger charge is -2.18. The number of rotatable bonds is 10. The molecule has 0 bridgehead atoms. The molecule has 10 heteroatoms. The number of fused-ring (bicyclic) bond motifs is 1. The van der Waals surface area contributed by atoms with Crippen molar-refractivity contribution in [3.63, 3.8) is 0 Å². The summed E-state index contributed by atoms with van der Waals surface area (Å²) in [5.74, 6) is -0.245. The molecule has 0 fully saturated rings. The number of anilines is 1. The lowest BCUT2D eigenvalue weighted by molar-refractivity contribution is -0.121. The first-order chi connectivity index (χ1) is 15.2. The van der Waals surface area contributed by atoms with Crippen LogP contribution in [0.1, 0.15) is 24.4 Å². The van der Waals surface area contributed by atoms with Crippen LogP contribution in [-0.4, -0.2) is 38.7 Å². The van der Waals surface area contributed by atoms with Crippen LogP contribution < -0.4 is 15.4 Å². The molecule has 0 aliphatic rings. The summed E-state index contributed by atoms with van der Waals surface area (Å²) in [6.07, 6.45) is 3.46. The monoisotopic (exact) mass is 494 g/mol. The minimum Gasteiger partial charge on any atom is -0.384 e. The van der Waals surface area contributed by atoms with Gasteiger partial charge in [-0.2, -0.15) is 0 Å². The SMILES string of the molecule is CS(=O)(=O)N[C@@H](CC(=O)NCCCNc1ccnc2cc(Cl)ccc12)c1ccc(Cl)cc1. The molecule has 1 atom stereocenters. The summed E-state index contributed by atoms with van der Waals surface area (Å²) >= 11 is 11.9. The number of nitrogens with zero attached hydrogens (tertiary/aromatic N) is 1. The van der Waals surface area contributed by atoms with Gasteiger partial charge in [0.15, 0.2) is 0 Å². The molecule has 32 heavy (non-hydrogen) atoms. The zero-order chi connectivity index (χ0) is 23.1. The van der Waals surface area contributed by atoms with E-state index in [0.717, 1.165) is 22.8 Å². The molecule has 0 radical (unpaired) electrons. The molecule has 1 heterocycles. The second-order valence-corrected chi connectivity index (χ2v) is 10.0. The van der Waals surface area contributed by atoms with Crippen molar-refractivity contribution >= 4 is 55.7 Å². The van der Waals surface area contributed by atoms with Crippen molar-refractivity contribution in [2.45, 2.75) is 18.9 Å². The largest absolute Gasteiger partial charge is 0.384 e. The van der Waals surface area contributed by atoms with Crippen molar-refractivity contribution in [3.8, 4) is 0 Å². The van der Waals surface area contributed by atoms with Crippen LogP contribution in [0.25, 0.3) is 10.9 Å². The maximum absolute atomic E-state index is 12.4. The van der Waals surface area contributed by atoms with Gasteiger partial charge in [0.2, 0.25) is 15.9 Å². The second kappa shape index (κ2) is 11.0. The van der Waals surface area contributed by atoms with Gasteiger partial charge in [-0.15, -0.1) is 0 Å². The first kappa shape index (κ1) is 24.3. The molecule has 0 saturated carbocycles. The molecule has 0 aliphatic heterocycles. The van der Waals surface area contributed by atoms with E-state index in [1.165, 1.54) is 0 Å². The molecular weight excluding hydrogens is 471 g/mol. The fourth-order valence-electron chi connectivity index (χ4n) is 3.25. The average molecular weight is 495 g/mol. The zero-order valence-electron chi connectivity index (χ0n) is 17.4. The molecule has 3 N–H and O–H groups in total. The molecule has 0 unspecified atom stereocenters. The Morgan fingerprint density at radius 1 is 1.03 bits per heavy atom. The number of amides is 1. The number of hydrogen-bond acceptors (Lipinski definition) is 5. The van der Waals surface area contributed by atoms with Crippen LogP contribution >= 0.6 is 23.2 Å². The van der Waals surface area contributed by atoms with Crippen molar-refractivity contribution < 1.29 is 13.2 Å². The molecular formula is C22H24Cl2N4O3S. The van der Waals surface area contributed by atoms with Crippen LogP contribution in [0.5, 0.6) is 0 Å². The van der Waals surface area contributed by atoms with Crippen molar-refractivity contribution in [3.05, 3.63) is 70.3 Å². The maximum Gasteiger partial charge on any atom is 0.221 e. The number of halogens is 2. The van der Waals surface area contributed by atoms with Crippen molar-refractivity contribution in [2.75, 3.05) is 24.7 Å². The molecule has 0 saturated heterocycles. The van der Waals surface area contributed by atoms with Gasteiger partial charge in [-0.1, -0.05) is 35.3 Å². The van der Waals surface area contributed by atoms with Gasteiger partial charge < -0.3 is 10.6 Å². The predicted molar refractivity (Wildman–Crippen MR) is 130 cm³/mol. The van der Waals surface area contributed by atoms with E-state index >= 15 is 0 Å². The summed E-state index contributed by atoms with van der Waals surface area (Å²) in [6.45, 7) is 1.09. The number of pyridine rings is 1. The van der Waals surface area contributed by atoms with E-state index in [4.69, 9.17) is 23.2 Å². The van der Waals surface area contributed by atoms with Crippen LogP contribution in [0.4, 0.5) is 5.69 Å². The van der Waals surface area contributed by atoms with Gasteiger partial charge in [0.25, 0.3) is 0 Å². The Kier molecular flexibility index (Phi) is 8.31. The average Bonchev–Trinajstić information content (AvgIpc) is 2.72. The Labute approximate surface area is 197 Å². The summed E-state index contributed by atoms with van der Waals surface area (Å²) in [6, 6.07) is 13.5. The van der Waals surface area contributed by atoms with Gasteiger partial charge in [-0.3, -0.25) is 9.78 Å². The van der Waals surface area contributed by atoms with Gasteiger partial charge in [0, 0.05) is 46.8 Å². The number of nitrogens with one attached hydrogen (secondary N) is 3. The fourth-order valence-corrected chi connectivity index (χ4v) is 4.28. The summed E-state index contributed by atoms with van der Waals surface area (Å²) < 4.78 is 25.9. The van der Waals surface area contributed by atoms with E-state index in [1.807, 2.05) is 24.3 Å². The normalized spacial score (nSPS) is 12.5. The maximum atomic E-state index is 12.4. The molecule has 2 aromatic carbocycles.